The fraction of sp³-hybridized carbons (Fsp3) is 0.846. The molecule has 0 aromatic rings. The van der Waals surface area contributed by atoms with Crippen LogP contribution in [0, 0.1) is 5.92 Å². The molecule has 5 heteroatoms. The van der Waals surface area contributed by atoms with Gasteiger partial charge in [0.1, 0.15) is 0 Å². The van der Waals surface area contributed by atoms with Crippen molar-refractivity contribution in [3.8, 4) is 0 Å². The van der Waals surface area contributed by atoms with Crippen molar-refractivity contribution in [3.05, 3.63) is 0 Å². The van der Waals surface area contributed by atoms with E-state index in [1.54, 1.807) is 13.8 Å². The maximum atomic E-state index is 11.8. The molecule has 0 radical (unpaired) electrons. The molecule has 1 rings (SSSR count). The number of ether oxygens (including phenoxy) is 3. The van der Waals surface area contributed by atoms with E-state index in [0.717, 1.165) is 19.3 Å². The molecule has 1 fully saturated rings. The highest BCUT2D eigenvalue weighted by Crippen LogP contribution is 2.21. The van der Waals surface area contributed by atoms with Crippen LogP contribution < -0.4 is 0 Å². The average molecular weight is 258 g/mol. The van der Waals surface area contributed by atoms with Crippen LogP contribution in [0.2, 0.25) is 0 Å². The fourth-order valence-electron chi connectivity index (χ4n) is 2.03. The third-order valence-electron chi connectivity index (χ3n) is 2.91. The van der Waals surface area contributed by atoms with E-state index in [9.17, 15) is 9.59 Å². The standard InChI is InChI=1S/C13H22O5/c1-3-16-12(14)11(13(15)17-4-2)9-10-7-5-6-8-18-10/h10-11H,3-9H2,1-2H3/t10-/m1/s1. The molecule has 0 spiro atoms. The van der Waals surface area contributed by atoms with Crippen molar-refractivity contribution in [3.63, 3.8) is 0 Å². The molecule has 104 valence electrons. The summed E-state index contributed by atoms with van der Waals surface area (Å²) < 4.78 is 15.4. The van der Waals surface area contributed by atoms with Crippen LogP contribution in [0.15, 0.2) is 0 Å². The summed E-state index contributed by atoms with van der Waals surface area (Å²) in [5.74, 6) is -1.87. The first-order valence-corrected chi connectivity index (χ1v) is 6.63. The molecule has 1 aliphatic rings. The fourth-order valence-corrected chi connectivity index (χ4v) is 2.03. The van der Waals surface area contributed by atoms with E-state index < -0.39 is 17.9 Å². The highest BCUT2D eigenvalue weighted by Gasteiger charge is 2.33. The second kappa shape index (κ2) is 8.08. The molecular formula is C13H22O5. The number of carbonyl (C=O) groups is 2. The minimum absolute atomic E-state index is 0.0439. The summed E-state index contributed by atoms with van der Waals surface area (Å²) in [7, 11) is 0. The quantitative estimate of drug-likeness (QED) is 0.536. The Labute approximate surface area is 108 Å². The zero-order valence-corrected chi connectivity index (χ0v) is 11.1. The van der Waals surface area contributed by atoms with Gasteiger partial charge in [0.15, 0.2) is 5.92 Å². The monoisotopic (exact) mass is 258 g/mol. The molecule has 1 heterocycles. The molecule has 18 heavy (non-hydrogen) atoms. The number of hydrogen-bond donors (Lipinski definition) is 0. The molecule has 0 N–H and O–H groups in total. The van der Waals surface area contributed by atoms with Gasteiger partial charge in [-0.05, 0) is 39.5 Å². The largest absolute Gasteiger partial charge is 0.465 e. The molecule has 1 atom stereocenters. The van der Waals surface area contributed by atoms with E-state index in [4.69, 9.17) is 14.2 Å². The molecule has 0 aromatic heterocycles. The summed E-state index contributed by atoms with van der Waals surface area (Å²) in [6.45, 7) is 4.66. The number of carbonyl (C=O) groups excluding carboxylic acids is 2. The van der Waals surface area contributed by atoms with Gasteiger partial charge in [0.25, 0.3) is 0 Å². The van der Waals surface area contributed by atoms with Crippen LogP contribution in [0.5, 0.6) is 0 Å². The predicted octanol–water partition coefficient (Wildman–Crippen LogP) is 1.69. The first-order chi connectivity index (χ1) is 8.69. The SMILES string of the molecule is CCOC(=O)C(C[C@H]1CCCCO1)C(=O)OCC. The lowest BCUT2D eigenvalue weighted by Crippen LogP contribution is -2.33. The molecule has 1 saturated heterocycles. The molecule has 0 unspecified atom stereocenters. The summed E-state index contributed by atoms with van der Waals surface area (Å²) in [6.07, 6.45) is 3.31. The summed E-state index contributed by atoms with van der Waals surface area (Å²) in [5, 5.41) is 0. The van der Waals surface area contributed by atoms with E-state index in [0.29, 0.717) is 13.0 Å². The van der Waals surface area contributed by atoms with Crippen molar-refractivity contribution in [1.29, 1.82) is 0 Å². The Morgan fingerprint density at radius 2 is 1.78 bits per heavy atom. The third kappa shape index (κ3) is 4.64. The van der Waals surface area contributed by atoms with E-state index in [1.165, 1.54) is 0 Å². The molecule has 1 aliphatic heterocycles. The topological polar surface area (TPSA) is 61.8 Å². The maximum Gasteiger partial charge on any atom is 0.320 e. The van der Waals surface area contributed by atoms with Crippen LogP contribution >= 0.6 is 0 Å². The Bertz CT molecular complexity index is 253. The minimum Gasteiger partial charge on any atom is -0.465 e. The lowest BCUT2D eigenvalue weighted by atomic mass is 9.97. The summed E-state index contributed by atoms with van der Waals surface area (Å²) in [4.78, 5) is 23.5. The summed E-state index contributed by atoms with van der Waals surface area (Å²) in [5.41, 5.74) is 0. The Hall–Kier alpha value is -1.10. The second-order valence-electron chi connectivity index (χ2n) is 4.28. The summed E-state index contributed by atoms with van der Waals surface area (Å²) >= 11 is 0. The first kappa shape index (κ1) is 15.0. The van der Waals surface area contributed by atoms with Crippen molar-refractivity contribution >= 4 is 11.9 Å². The van der Waals surface area contributed by atoms with Crippen molar-refractivity contribution < 1.29 is 23.8 Å². The van der Waals surface area contributed by atoms with Crippen LogP contribution in [0.4, 0.5) is 0 Å². The molecule has 0 bridgehead atoms. The molecule has 5 nitrogen and oxygen atoms in total. The summed E-state index contributed by atoms with van der Waals surface area (Å²) in [6, 6.07) is 0. The lowest BCUT2D eigenvalue weighted by molar-refractivity contribution is -0.164. The average Bonchev–Trinajstić information content (AvgIpc) is 2.37. The molecule has 0 saturated carbocycles. The molecule has 0 aromatic carbocycles. The van der Waals surface area contributed by atoms with Crippen LogP contribution in [-0.4, -0.2) is 37.9 Å². The Kier molecular flexibility index (Phi) is 6.72. The minimum atomic E-state index is -0.854. The highest BCUT2D eigenvalue weighted by molar-refractivity contribution is 5.94. The van der Waals surface area contributed by atoms with Crippen molar-refractivity contribution in [1.82, 2.24) is 0 Å². The van der Waals surface area contributed by atoms with Crippen LogP contribution in [0.1, 0.15) is 39.5 Å². The van der Waals surface area contributed by atoms with Gasteiger partial charge in [0.05, 0.1) is 19.3 Å². The first-order valence-electron chi connectivity index (χ1n) is 6.63. The number of hydrogen-bond acceptors (Lipinski definition) is 5. The Balaban J connectivity index is 2.57. The number of esters is 2. The van der Waals surface area contributed by atoms with E-state index in [-0.39, 0.29) is 19.3 Å². The Morgan fingerprint density at radius 1 is 1.17 bits per heavy atom. The van der Waals surface area contributed by atoms with Crippen molar-refractivity contribution in [2.24, 2.45) is 5.92 Å². The van der Waals surface area contributed by atoms with Gasteiger partial charge in [-0.15, -0.1) is 0 Å². The second-order valence-corrected chi connectivity index (χ2v) is 4.28. The van der Waals surface area contributed by atoms with Gasteiger partial charge >= 0.3 is 11.9 Å². The van der Waals surface area contributed by atoms with Crippen LogP contribution in [0.25, 0.3) is 0 Å². The van der Waals surface area contributed by atoms with Crippen LogP contribution in [0.3, 0.4) is 0 Å². The van der Waals surface area contributed by atoms with Gasteiger partial charge < -0.3 is 14.2 Å². The van der Waals surface area contributed by atoms with Gasteiger partial charge in [-0.3, -0.25) is 9.59 Å². The van der Waals surface area contributed by atoms with Gasteiger partial charge in [-0.2, -0.15) is 0 Å². The van der Waals surface area contributed by atoms with E-state index in [1.807, 2.05) is 0 Å². The Morgan fingerprint density at radius 3 is 2.22 bits per heavy atom. The highest BCUT2D eigenvalue weighted by atomic mass is 16.6. The molecule has 0 aliphatic carbocycles. The van der Waals surface area contributed by atoms with Gasteiger partial charge in [-0.1, -0.05) is 0 Å². The molecule has 0 amide bonds. The van der Waals surface area contributed by atoms with Gasteiger partial charge in [0.2, 0.25) is 0 Å². The van der Waals surface area contributed by atoms with E-state index in [2.05, 4.69) is 0 Å². The third-order valence-corrected chi connectivity index (χ3v) is 2.91. The zero-order chi connectivity index (χ0) is 13.4. The van der Waals surface area contributed by atoms with E-state index >= 15 is 0 Å². The van der Waals surface area contributed by atoms with Crippen LogP contribution in [-0.2, 0) is 23.8 Å². The zero-order valence-electron chi connectivity index (χ0n) is 11.1. The maximum absolute atomic E-state index is 11.8. The van der Waals surface area contributed by atoms with Crippen molar-refractivity contribution in [2.45, 2.75) is 45.6 Å². The predicted molar refractivity (Wildman–Crippen MR) is 65.0 cm³/mol. The van der Waals surface area contributed by atoms with Crippen molar-refractivity contribution in [2.75, 3.05) is 19.8 Å². The van der Waals surface area contributed by atoms with Gasteiger partial charge in [0, 0.05) is 6.61 Å². The number of rotatable bonds is 6. The molecular weight excluding hydrogens is 236 g/mol. The normalized spacial score (nSPS) is 19.6. The smallest absolute Gasteiger partial charge is 0.320 e. The van der Waals surface area contributed by atoms with Gasteiger partial charge in [-0.25, -0.2) is 0 Å². The lowest BCUT2D eigenvalue weighted by Gasteiger charge is -2.25.